The third kappa shape index (κ3) is 4.29. The molecule has 3 aromatic carbocycles. The molecule has 144 valence electrons. The molecule has 0 aromatic heterocycles. The van der Waals surface area contributed by atoms with Gasteiger partial charge in [-0.3, -0.25) is 4.79 Å². The van der Waals surface area contributed by atoms with E-state index in [9.17, 15) is 28.9 Å². The van der Waals surface area contributed by atoms with Crippen molar-refractivity contribution in [3.63, 3.8) is 0 Å². The van der Waals surface area contributed by atoms with Gasteiger partial charge in [0.05, 0.1) is 0 Å². The summed E-state index contributed by atoms with van der Waals surface area (Å²) in [6.07, 6.45) is 0. The van der Waals surface area contributed by atoms with Crippen molar-refractivity contribution < 1.29 is 33.6 Å². The van der Waals surface area contributed by atoms with Gasteiger partial charge in [0, 0.05) is 18.7 Å². The fraction of sp³-hybridized carbons (Fsp3) is 0.0500. The van der Waals surface area contributed by atoms with Crippen LogP contribution in [0.4, 0.5) is 8.78 Å². The summed E-state index contributed by atoms with van der Waals surface area (Å²) >= 11 is 0. The molecular formula is C20H15F2NO5. The molecule has 6 nitrogen and oxygen atoms in total. The standard InChI is InChI=1S/C20H15F2NO5/c21-12-2-4-14(5-3-12)28-18-6-1-11(7-15(18)22)10-23-20(27)19-16(25)8-13(24)9-17(19)26/h1-9,24-26H,10H2,(H,23,27). The summed E-state index contributed by atoms with van der Waals surface area (Å²) in [5.41, 5.74) is -0.00963. The first-order chi connectivity index (χ1) is 13.3. The van der Waals surface area contributed by atoms with Crippen molar-refractivity contribution in [3.05, 3.63) is 77.4 Å². The largest absolute Gasteiger partial charge is 0.508 e. The summed E-state index contributed by atoms with van der Waals surface area (Å²) in [4.78, 5) is 12.1. The molecule has 8 heteroatoms. The van der Waals surface area contributed by atoms with Crippen molar-refractivity contribution >= 4 is 5.91 Å². The van der Waals surface area contributed by atoms with Crippen LogP contribution in [0.5, 0.6) is 28.7 Å². The van der Waals surface area contributed by atoms with E-state index in [1.165, 1.54) is 36.4 Å². The minimum atomic E-state index is -0.804. The first-order valence-electron chi connectivity index (χ1n) is 8.08. The number of halogens is 2. The van der Waals surface area contributed by atoms with Gasteiger partial charge >= 0.3 is 0 Å². The lowest BCUT2D eigenvalue weighted by Gasteiger charge is -2.11. The topological polar surface area (TPSA) is 99.0 Å². The van der Waals surface area contributed by atoms with Gasteiger partial charge in [-0.1, -0.05) is 6.07 Å². The van der Waals surface area contributed by atoms with Gasteiger partial charge in [0.1, 0.15) is 34.4 Å². The Morgan fingerprint density at radius 1 is 0.929 bits per heavy atom. The van der Waals surface area contributed by atoms with E-state index in [-0.39, 0.29) is 18.0 Å². The number of nitrogens with one attached hydrogen (secondary N) is 1. The number of ether oxygens (including phenoxy) is 1. The molecule has 0 atom stereocenters. The Kier molecular flexibility index (Phi) is 5.30. The van der Waals surface area contributed by atoms with Crippen LogP contribution in [0.1, 0.15) is 15.9 Å². The van der Waals surface area contributed by atoms with Gasteiger partial charge in [0.2, 0.25) is 0 Å². The lowest BCUT2D eigenvalue weighted by atomic mass is 10.1. The third-order valence-electron chi connectivity index (χ3n) is 3.80. The summed E-state index contributed by atoms with van der Waals surface area (Å²) in [6, 6.07) is 10.9. The van der Waals surface area contributed by atoms with Gasteiger partial charge in [-0.25, -0.2) is 8.78 Å². The highest BCUT2D eigenvalue weighted by Gasteiger charge is 2.18. The number of benzene rings is 3. The lowest BCUT2D eigenvalue weighted by molar-refractivity contribution is 0.0945. The molecule has 3 aromatic rings. The molecule has 0 saturated heterocycles. The van der Waals surface area contributed by atoms with E-state index in [1.807, 2.05) is 0 Å². The second-order valence-electron chi connectivity index (χ2n) is 5.86. The Morgan fingerprint density at radius 3 is 2.18 bits per heavy atom. The predicted octanol–water partition coefficient (Wildman–Crippen LogP) is 3.80. The average molecular weight is 387 g/mol. The highest BCUT2D eigenvalue weighted by molar-refractivity contribution is 5.99. The van der Waals surface area contributed by atoms with E-state index in [1.54, 1.807) is 0 Å². The zero-order chi connectivity index (χ0) is 20.3. The van der Waals surface area contributed by atoms with Crippen LogP contribution in [0.15, 0.2) is 54.6 Å². The number of phenolic OH excluding ortho intramolecular Hbond substituents is 3. The Labute approximate surface area is 158 Å². The van der Waals surface area contributed by atoms with Crippen molar-refractivity contribution in [1.82, 2.24) is 5.32 Å². The number of carbonyl (C=O) groups excluding carboxylic acids is 1. The molecule has 0 aliphatic heterocycles. The minimum Gasteiger partial charge on any atom is -0.508 e. The quantitative estimate of drug-likeness (QED) is 0.534. The zero-order valence-corrected chi connectivity index (χ0v) is 14.3. The van der Waals surface area contributed by atoms with Gasteiger partial charge in [-0.05, 0) is 42.0 Å². The summed E-state index contributed by atoms with van der Waals surface area (Å²) < 4.78 is 32.4. The molecule has 0 saturated carbocycles. The fourth-order valence-electron chi connectivity index (χ4n) is 2.47. The van der Waals surface area contributed by atoms with Crippen molar-refractivity contribution in [2.75, 3.05) is 0 Å². The van der Waals surface area contributed by atoms with Crippen LogP contribution < -0.4 is 10.1 Å². The second-order valence-corrected chi connectivity index (χ2v) is 5.86. The van der Waals surface area contributed by atoms with Gasteiger partial charge in [0.25, 0.3) is 5.91 Å². The van der Waals surface area contributed by atoms with Crippen molar-refractivity contribution in [3.8, 4) is 28.7 Å². The molecule has 0 aliphatic carbocycles. The molecule has 0 aliphatic rings. The Balaban J connectivity index is 1.68. The van der Waals surface area contributed by atoms with E-state index in [4.69, 9.17) is 4.74 Å². The molecule has 4 N–H and O–H groups in total. The molecule has 3 rings (SSSR count). The van der Waals surface area contributed by atoms with Gasteiger partial charge in [0.15, 0.2) is 11.6 Å². The first-order valence-corrected chi connectivity index (χ1v) is 8.08. The van der Waals surface area contributed by atoms with Crippen LogP contribution >= 0.6 is 0 Å². The molecule has 0 unspecified atom stereocenters. The van der Waals surface area contributed by atoms with Crippen LogP contribution in [-0.4, -0.2) is 21.2 Å². The summed E-state index contributed by atoms with van der Waals surface area (Å²) in [6.45, 7) is -0.0909. The minimum absolute atomic E-state index is 0.0736. The first kappa shape index (κ1) is 19.0. The molecular weight excluding hydrogens is 372 g/mol. The lowest BCUT2D eigenvalue weighted by Crippen LogP contribution is -2.23. The summed E-state index contributed by atoms with van der Waals surface area (Å²) in [5.74, 6) is -3.33. The third-order valence-corrected chi connectivity index (χ3v) is 3.80. The Hall–Kier alpha value is -3.81. The van der Waals surface area contributed by atoms with E-state index in [2.05, 4.69) is 5.32 Å². The molecule has 0 bridgehead atoms. The van der Waals surface area contributed by atoms with Crippen molar-refractivity contribution in [2.45, 2.75) is 6.54 Å². The normalized spacial score (nSPS) is 10.5. The number of aromatic hydroxyl groups is 3. The van der Waals surface area contributed by atoms with Crippen LogP contribution in [-0.2, 0) is 6.54 Å². The van der Waals surface area contributed by atoms with Crippen LogP contribution in [0, 0.1) is 11.6 Å². The smallest absolute Gasteiger partial charge is 0.259 e. The van der Waals surface area contributed by atoms with E-state index in [0.717, 1.165) is 18.2 Å². The Morgan fingerprint density at radius 2 is 1.57 bits per heavy atom. The Bertz CT molecular complexity index is 999. The SMILES string of the molecule is O=C(NCc1ccc(Oc2ccc(F)cc2)c(F)c1)c1c(O)cc(O)cc1O. The average Bonchev–Trinajstić information content (AvgIpc) is 2.63. The zero-order valence-electron chi connectivity index (χ0n) is 14.3. The van der Waals surface area contributed by atoms with Gasteiger partial charge < -0.3 is 25.4 Å². The number of carbonyl (C=O) groups is 1. The van der Waals surface area contributed by atoms with Gasteiger partial charge in [-0.2, -0.15) is 0 Å². The predicted molar refractivity (Wildman–Crippen MR) is 95.5 cm³/mol. The fourth-order valence-corrected chi connectivity index (χ4v) is 2.47. The van der Waals surface area contributed by atoms with Crippen molar-refractivity contribution in [1.29, 1.82) is 0 Å². The summed E-state index contributed by atoms with van der Waals surface area (Å²) in [5, 5.41) is 31.1. The molecule has 0 fully saturated rings. The molecule has 0 radical (unpaired) electrons. The highest BCUT2D eigenvalue weighted by Crippen LogP contribution is 2.32. The number of rotatable bonds is 5. The molecule has 28 heavy (non-hydrogen) atoms. The summed E-state index contributed by atoms with van der Waals surface area (Å²) in [7, 11) is 0. The van der Waals surface area contributed by atoms with E-state index < -0.39 is 40.4 Å². The molecule has 0 heterocycles. The molecule has 0 spiro atoms. The maximum absolute atomic E-state index is 14.2. The number of hydrogen-bond acceptors (Lipinski definition) is 5. The molecule has 1 amide bonds. The second kappa shape index (κ2) is 7.83. The maximum Gasteiger partial charge on any atom is 0.259 e. The van der Waals surface area contributed by atoms with Crippen LogP contribution in [0.2, 0.25) is 0 Å². The number of hydrogen-bond donors (Lipinski definition) is 4. The van der Waals surface area contributed by atoms with E-state index >= 15 is 0 Å². The van der Waals surface area contributed by atoms with Gasteiger partial charge in [-0.15, -0.1) is 0 Å². The van der Waals surface area contributed by atoms with Crippen LogP contribution in [0.25, 0.3) is 0 Å². The maximum atomic E-state index is 14.2. The van der Waals surface area contributed by atoms with E-state index in [0.29, 0.717) is 5.56 Å². The van der Waals surface area contributed by atoms with Crippen LogP contribution in [0.3, 0.4) is 0 Å². The number of phenols is 3. The highest BCUT2D eigenvalue weighted by atomic mass is 19.1. The monoisotopic (exact) mass is 387 g/mol. The van der Waals surface area contributed by atoms with Crippen molar-refractivity contribution in [2.24, 2.45) is 0 Å². The number of amides is 1.